The highest BCUT2D eigenvalue weighted by atomic mass is 16.7. The van der Waals surface area contributed by atoms with Crippen LogP contribution >= 0.6 is 0 Å². The fourth-order valence-electron chi connectivity index (χ4n) is 1.70. The van der Waals surface area contributed by atoms with Crippen molar-refractivity contribution >= 4 is 5.97 Å². The molecule has 2 fully saturated rings. The average Bonchev–Trinajstić information content (AvgIpc) is 2.59. The van der Waals surface area contributed by atoms with Gasteiger partial charge in [-0.25, -0.2) is 4.79 Å². The normalized spacial score (nSPS) is 53.7. The summed E-state index contributed by atoms with van der Waals surface area (Å²) in [6.07, 6.45) is 0.812. The number of esters is 1. The van der Waals surface area contributed by atoms with Crippen molar-refractivity contribution in [2.24, 2.45) is 0 Å². The molecule has 0 spiro atoms. The fourth-order valence-corrected chi connectivity index (χ4v) is 1.70. The summed E-state index contributed by atoms with van der Waals surface area (Å²) in [5, 5.41) is 0. The first-order chi connectivity index (χ1) is 5.03. The molecule has 11 heavy (non-hydrogen) atoms. The highest BCUT2D eigenvalue weighted by Crippen LogP contribution is 2.52. The lowest BCUT2D eigenvalue weighted by Crippen LogP contribution is -2.30. The Hall–Kier alpha value is -0.570. The average molecular weight is 156 g/mol. The van der Waals surface area contributed by atoms with Gasteiger partial charge in [-0.05, 0) is 20.3 Å². The maximum atomic E-state index is 11.2. The number of epoxide rings is 1. The molecular formula is C8H12O3. The van der Waals surface area contributed by atoms with Crippen molar-refractivity contribution < 1.29 is 14.3 Å². The summed E-state index contributed by atoms with van der Waals surface area (Å²) in [6.45, 7) is 5.72. The lowest BCUT2D eigenvalue weighted by molar-refractivity contribution is -0.162. The molecule has 2 saturated heterocycles. The van der Waals surface area contributed by atoms with Gasteiger partial charge in [0.1, 0.15) is 11.7 Å². The van der Waals surface area contributed by atoms with E-state index < -0.39 is 5.60 Å². The van der Waals surface area contributed by atoms with Gasteiger partial charge in [0.05, 0.1) is 0 Å². The highest BCUT2D eigenvalue weighted by Gasteiger charge is 2.74. The predicted octanol–water partition coefficient (Wildman–Crippen LogP) is 0.869. The standard InChI is InChI=1S/C8H12O3/c1-4-7(2)5-8(3,10-5)6(9)11-7/h5H,4H2,1-3H3. The molecule has 2 aliphatic rings. The van der Waals surface area contributed by atoms with Crippen molar-refractivity contribution in [2.75, 3.05) is 0 Å². The first-order valence-corrected chi connectivity index (χ1v) is 3.94. The molecule has 0 saturated carbocycles. The summed E-state index contributed by atoms with van der Waals surface area (Å²) in [6, 6.07) is 0. The van der Waals surface area contributed by atoms with Gasteiger partial charge in [-0.1, -0.05) is 6.92 Å². The molecule has 0 aliphatic carbocycles. The number of carbonyl (C=O) groups is 1. The van der Waals surface area contributed by atoms with Crippen LogP contribution in [0.3, 0.4) is 0 Å². The van der Waals surface area contributed by atoms with Gasteiger partial charge in [-0.3, -0.25) is 0 Å². The van der Waals surface area contributed by atoms with Crippen molar-refractivity contribution in [2.45, 2.75) is 44.5 Å². The second-order valence-corrected chi connectivity index (χ2v) is 3.66. The summed E-state index contributed by atoms with van der Waals surface area (Å²) in [5.41, 5.74) is -0.976. The topological polar surface area (TPSA) is 38.8 Å². The van der Waals surface area contributed by atoms with Crippen molar-refractivity contribution in [1.82, 2.24) is 0 Å². The molecule has 0 amide bonds. The molecule has 0 bridgehead atoms. The molecule has 3 nitrogen and oxygen atoms in total. The minimum Gasteiger partial charge on any atom is -0.454 e. The van der Waals surface area contributed by atoms with Gasteiger partial charge in [0.15, 0.2) is 5.60 Å². The van der Waals surface area contributed by atoms with Crippen LogP contribution in [0.5, 0.6) is 0 Å². The van der Waals surface area contributed by atoms with Crippen LogP contribution in [0.2, 0.25) is 0 Å². The molecule has 2 rings (SSSR count). The van der Waals surface area contributed by atoms with Gasteiger partial charge in [0, 0.05) is 0 Å². The SMILES string of the molecule is CCC1(C)OC(=O)C2(C)OC12. The predicted molar refractivity (Wildman–Crippen MR) is 38.1 cm³/mol. The molecule has 2 heterocycles. The smallest absolute Gasteiger partial charge is 0.341 e. The molecular weight excluding hydrogens is 144 g/mol. The third-order valence-corrected chi connectivity index (χ3v) is 2.79. The van der Waals surface area contributed by atoms with Gasteiger partial charge < -0.3 is 9.47 Å². The van der Waals surface area contributed by atoms with E-state index in [4.69, 9.17) is 9.47 Å². The first-order valence-electron chi connectivity index (χ1n) is 3.94. The first kappa shape index (κ1) is 7.10. The molecule has 3 heteroatoms. The van der Waals surface area contributed by atoms with Crippen LogP contribution in [0.4, 0.5) is 0 Å². The zero-order valence-electron chi connectivity index (χ0n) is 7.01. The van der Waals surface area contributed by atoms with E-state index in [0.717, 1.165) is 6.42 Å². The number of fused-ring (bicyclic) bond motifs is 1. The zero-order chi connectivity index (χ0) is 8.28. The minimum absolute atomic E-state index is 0.00694. The van der Waals surface area contributed by atoms with Crippen LogP contribution in [-0.4, -0.2) is 23.3 Å². The van der Waals surface area contributed by atoms with Gasteiger partial charge in [0.25, 0.3) is 0 Å². The molecule has 3 unspecified atom stereocenters. The number of rotatable bonds is 1. The molecule has 2 aliphatic heterocycles. The van der Waals surface area contributed by atoms with Gasteiger partial charge in [0.2, 0.25) is 0 Å². The maximum Gasteiger partial charge on any atom is 0.341 e. The Bertz CT molecular complexity index is 225. The molecule has 62 valence electrons. The second-order valence-electron chi connectivity index (χ2n) is 3.66. The quantitative estimate of drug-likeness (QED) is 0.417. The molecule has 0 aromatic carbocycles. The maximum absolute atomic E-state index is 11.2. The third-order valence-electron chi connectivity index (χ3n) is 2.79. The van der Waals surface area contributed by atoms with E-state index in [1.54, 1.807) is 6.92 Å². The van der Waals surface area contributed by atoms with Gasteiger partial charge in [-0.15, -0.1) is 0 Å². The number of hydrogen-bond donors (Lipinski definition) is 0. The summed E-state index contributed by atoms with van der Waals surface area (Å²) in [4.78, 5) is 11.2. The van der Waals surface area contributed by atoms with Crippen molar-refractivity contribution in [3.05, 3.63) is 0 Å². The van der Waals surface area contributed by atoms with E-state index in [1.807, 2.05) is 13.8 Å². The molecule has 0 radical (unpaired) electrons. The van der Waals surface area contributed by atoms with E-state index >= 15 is 0 Å². The van der Waals surface area contributed by atoms with Crippen LogP contribution in [0, 0.1) is 0 Å². The molecule has 0 aromatic heterocycles. The van der Waals surface area contributed by atoms with Crippen LogP contribution in [0.1, 0.15) is 27.2 Å². The van der Waals surface area contributed by atoms with E-state index in [2.05, 4.69) is 0 Å². The number of ether oxygens (including phenoxy) is 2. The minimum atomic E-state index is -0.606. The van der Waals surface area contributed by atoms with Crippen molar-refractivity contribution in [3.63, 3.8) is 0 Å². The molecule has 3 atom stereocenters. The zero-order valence-corrected chi connectivity index (χ0v) is 7.01. The molecule has 0 N–H and O–H groups in total. The van der Waals surface area contributed by atoms with Crippen LogP contribution in [-0.2, 0) is 14.3 Å². The fraction of sp³-hybridized carbons (Fsp3) is 0.875. The van der Waals surface area contributed by atoms with Gasteiger partial charge in [-0.2, -0.15) is 0 Å². The highest BCUT2D eigenvalue weighted by molar-refractivity contribution is 5.86. The summed E-state index contributed by atoms with van der Waals surface area (Å²) >= 11 is 0. The summed E-state index contributed by atoms with van der Waals surface area (Å²) in [7, 11) is 0. The summed E-state index contributed by atoms with van der Waals surface area (Å²) in [5.74, 6) is -0.202. The number of hydrogen-bond acceptors (Lipinski definition) is 3. The Morgan fingerprint density at radius 1 is 1.55 bits per heavy atom. The number of cyclic esters (lactones) is 1. The Balaban J connectivity index is 2.28. The van der Waals surface area contributed by atoms with Crippen molar-refractivity contribution in [1.29, 1.82) is 0 Å². The Morgan fingerprint density at radius 3 is 2.36 bits per heavy atom. The van der Waals surface area contributed by atoms with E-state index in [-0.39, 0.29) is 17.7 Å². The van der Waals surface area contributed by atoms with E-state index in [9.17, 15) is 4.79 Å². The lowest BCUT2D eigenvalue weighted by atomic mass is 9.95. The lowest BCUT2D eigenvalue weighted by Gasteiger charge is -2.21. The third kappa shape index (κ3) is 0.644. The number of carbonyl (C=O) groups excluding carboxylic acids is 1. The Morgan fingerprint density at radius 2 is 2.18 bits per heavy atom. The monoisotopic (exact) mass is 156 g/mol. The second kappa shape index (κ2) is 1.61. The van der Waals surface area contributed by atoms with E-state index in [0.29, 0.717) is 0 Å². The molecule has 0 aromatic rings. The van der Waals surface area contributed by atoms with E-state index in [1.165, 1.54) is 0 Å². The summed E-state index contributed by atoms with van der Waals surface area (Å²) < 4.78 is 10.5. The van der Waals surface area contributed by atoms with Gasteiger partial charge >= 0.3 is 5.97 Å². The van der Waals surface area contributed by atoms with Crippen molar-refractivity contribution in [3.8, 4) is 0 Å². The van der Waals surface area contributed by atoms with Crippen LogP contribution in [0.25, 0.3) is 0 Å². The van der Waals surface area contributed by atoms with Crippen LogP contribution < -0.4 is 0 Å². The Kier molecular flexibility index (Phi) is 1.04. The van der Waals surface area contributed by atoms with Crippen LogP contribution in [0.15, 0.2) is 0 Å². The Labute approximate surface area is 65.7 Å². The largest absolute Gasteiger partial charge is 0.454 e.